The van der Waals surface area contributed by atoms with E-state index < -0.39 is 0 Å². The number of carbonyl (C=O) groups is 1. The molecule has 1 saturated carbocycles. The summed E-state index contributed by atoms with van der Waals surface area (Å²) >= 11 is 0. The summed E-state index contributed by atoms with van der Waals surface area (Å²) in [5.74, 6) is 0.563. The SMILES string of the molecule is Cc1ccc(CCC(=O)NCC2CCCC(O)C2)cc1. The molecule has 0 aromatic heterocycles. The number of hydrogen-bond acceptors (Lipinski definition) is 2. The van der Waals surface area contributed by atoms with Crippen LogP contribution in [0, 0.1) is 12.8 Å². The molecule has 1 aromatic rings. The second kappa shape index (κ2) is 7.44. The van der Waals surface area contributed by atoms with Crippen LogP contribution in [0.15, 0.2) is 24.3 Å². The summed E-state index contributed by atoms with van der Waals surface area (Å²) in [5.41, 5.74) is 2.45. The van der Waals surface area contributed by atoms with Crippen LogP contribution in [0.4, 0.5) is 0 Å². The van der Waals surface area contributed by atoms with E-state index >= 15 is 0 Å². The summed E-state index contributed by atoms with van der Waals surface area (Å²) in [4.78, 5) is 11.8. The second-order valence-corrected chi connectivity index (χ2v) is 5.98. The van der Waals surface area contributed by atoms with Gasteiger partial charge in [0.05, 0.1) is 6.10 Å². The number of carbonyl (C=O) groups excluding carboxylic acids is 1. The lowest BCUT2D eigenvalue weighted by molar-refractivity contribution is -0.121. The molecule has 110 valence electrons. The minimum Gasteiger partial charge on any atom is -0.393 e. The zero-order chi connectivity index (χ0) is 14.4. The fraction of sp³-hybridized carbons (Fsp3) is 0.588. The molecule has 0 saturated heterocycles. The lowest BCUT2D eigenvalue weighted by Crippen LogP contribution is -2.33. The Kier molecular flexibility index (Phi) is 5.60. The van der Waals surface area contributed by atoms with E-state index in [1.807, 2.05) is 0 Å². The van der Waals surface area contributed by atoms with Gasteiger partial charge in [0.1, 0.15) is 0 Å². The summed E-state index contributed by atoms with van der Waals surface area (Å²) in [6.07, 6.45) is 5.10. The van der Waals surface area contributed by atoms with Crippen molar-refractivity contribution in [3.63, 3.8) is 0 Å². The Balaban J connectivity index is 1.66. The molecule has 0 bridgehead atoms. The molecule has 1 aliphatic carbocycles. The molecule has 0 aliphatic heterocycles. The average Bonchev–Trinajstić information content (AvgIpc) is 2.45. The fourth-order valence-corrected chi connectivity index (χ4v) is 2.81. The standard InChI is InChI=1S/C17H25NO2/c1-13-5-7-14(8-6-13)9-10-17(20)18-12-15-3-2-4-16(19)11-15/h5-8,15-16,19H,2-4,9-12H2,1H3,(H,18,20). The van der Waals surface area contributed by atoms with Gasteiger partial charge in [0.15, 0.2) is 0 Å². The maximum atomic E-state index is 11.8. The van der Waals surface area contributed by atoms with E-state index in [0.29, 0.717) is 18.9 Å². The lowest BCUT2D eigenvalue weighted by Gasteiger charge is -2.25. The monoisotopic (exact) mass is 275 g/mol. The normalized spacial score (nSPS) is 22.5. The Labute approximate surface area is 121 Å². The van der Waals surface area contributed by atoms with Crippen LogP contribution < -0.4 is 5.32 Å². The predicted octanol–water partition coefficient (Wildman–Crippen LogP) is 2.59. The molecule has 3 nitrogen and oxygen atoms in total. The number of benzene rings is 1. The molecule has 1 aliphatic rings. The number of amides is 1. The van der Waals surface area contributed by atoms with Crippen molar-refractivity contribution in [2.24, 2.45) is 5.92 Å². The van der Waals surface area contributed by atoms with Crippen LogP contribution >= 0.6 is 0 Å². The summed E-state index contributed by atoms with van der Waals surface area (Å²) in [7, 11) is 0. The highest BCUT2D eigenvalue weighted by molar-refractivity contribution is 5.76. The minimum atomic E-state index is -0.168. The van der Waals surface area contributed by atoms with Crippen LogP contribution in [0.3, 0.4) is 0 Å². The van der Waals surface area contributed by atoms with Crippen molar-refractivity contribution in [3.05, 3.63) is 35.4 Å². The van der Waals surface area contributed by atoms with Crippen molar-refractivity contribution >= 4 is 5.91 Å². The number of hydrogen-bond donors (Lipinski definition) is 2. The molecular formula is C17H25NO2. The maximum Gasteiger partial charge on any atom is 0.220 e. The molecule has 0 heterocycles. The van der Waals surface area contributed by atoms with Crippen molar-refractivity contribution < 1.29 is 9.90 Å². The Morgan fingerprint density at radius 2 is 2.05 bits per heavy atom. The third-order valence-corrected chi connectivity index (χ3v) is 4.10. The van der Waals surface area contributed by atoms with Gasteiger partial charge in [0.25, 0.3) is 0 Å². The van der Waals surface area contributed by atoms with Crippen LogP contribution in [0.2, 0.25) is 0 Å². The van der Waals surface area contributed by atoms with Crippen LogP contribution in [0.1, 0.15) is 43.2 Å². The smallest absolute Gasteiger partial charge is 0.220 e. The quantitative estimate of drug-likeness (QED) is 0.868. The molecule has 1 fully saturated rings. The van der Waals surface area contributed by atoms with Gasteiger partial charge >= 0.3 is 0 Å². The highest BCUT2D eigenvalue weighted by Crippen LogP contribution is 2.23. The van der Waals surface area contributed by atoms with Crippen LogP contribution in [-0.4, -0.2) is 23.7 Å². The largest absolute Gasteiger partial charge is 0.393 e. The van der Waals surface area contributed by atoms with Crippen molar-refractivity contribution in [2.45, 2.75) is 51.6 Å². The maximum absolute atomic E-state index is 11.8. The Bertz CT molecular complexity index is 427. The minimum absolute atomic E-state index is 0.116. The molecule has 1 aromatic carbocycles. The van der Waals surface area contributed by atoms with E-state index in [9.17, 15) is 9.90 Å². The van der Waals surface area contributed by atoms with E-state index in [1.54, 1.807) is 0 Å². The molecule has 20 heavy (non-hydrogen) atoms. The predicted molar refractivity (Wildman–Crippen MR) is 80.5 cm³/mol. The first kappa shape index (κ1) is 15.0. The van der Waals surface area contributed by atoms with E-state index in [2.05, 4.69) is 36.5 Å². The Hall–Kier alpha value is -1.35. The van der Waals surface area contributed by atoms with E-state index in [0.717, 1.165) is 32.1 Å². The molecule has 0 radical (unpaired) electrons. The topological polar surface area (TPSA) is 49.3 Å². The average molecular weight is 275 g/mol. The highest BCUT2D eigenvalue weighted by Gasteiger charge is 2.20. The Morgan fingerprint density at radius 1 is 1.30 bits per heavy atom. The molecule has 2 N–H and O–H groups in total. The molecule has 2 rings (SSSR count). The number of rotatable bonds is 5. The zero-order valence-electron chi connectivity index (χ0n) is 12.3. The first-order valence-corrected chi connectivity index (χ1v) is 7.64. The lowest BCUT2D eigenvalue weighted by atomic mass is 9.87. The van der Waals surface area contributed by atoms with Gasteiger partial charge in [-0.3, -0.25) is 4.79 Å². The zero-order valence-corrected chi connectivity index (χ0v) is 12.3. The summed E-state index contributed by atoms with van der Waals surface area (Å²) in [5, 5.41) is 12.6. The van der Waals surface area contributed by atoms with Crippen molar-refractivity contribution in [1.82, 2.24) is 5.32 Å². The van der Waals surface area contributed by atoms with Gasteiger partial charge in [-0.2, -0.15) is 0 Å². The summed E-state index contributed by atoms with van der Waals surface area (Å²) in [6, 6.07) is 8.33. The van der Waals surface area contributed by atoms with Gasteiger partial charge in [0, 0.05) is 13.0 Å². The van der Waals surface area contributed by atoms with Gasteiger partial charge in [-0.25, -0.2) is 0 Å². The number of aryl methyl sites for hydroxylation is 2. The molecule has 1 amide bonds. The molecular weight excluding hydrogens is 250 g/mol. The molecule has 2 atom stereocenters. The van der Waals surface area contributed by atoms with Crippen molar-refractivity contribution in [3.8, 4) is 0 Å². The summed E-state index contributed by atoms with van der Waals surface area (Å²) < 4.78 is 0. The van der Waals surface area contributed by atoms with Gasteiger partial charge in [0.2, 0.25) is 5.91 Å². The van der Waals surface area contributed by atoms with E-state index in [1.165, 1.54) is 11.1 Å². The number of nitrogens with one attached hydrogen (secondary N) is 1. The van der Waals surface area contributed by atoms with Crippen LogP contribution in [0.5, 0.6) is 0 Å². The highest BCUT2D eigenvalue weighted by atomic mass is 16.3. The fourth-order valence-electron chi connectivity index (χ4n) is 2.81. The molecule has 0 spiro atoms. The molecule has 3 heteroatoms. The van der Waals surface area contributed by atoms with E-state index in [4.69, 9.17) is 0 Å². The third-order valence-electron chi connectivity index (χ3n) is 4.10. The Morgan fingerprint density at radius 3 is 2.75 bits per heavy atom. The van der Waals surface area contributed by atoms with Crippen molar-refractivity contribution in [1.29, 1.82) is 0 Å². The molecule has 2 unspecified atom stereocenters. The van der Waals surface area contributed by atoms with E-state index in [-0.39, 0.29) is 12.0 Å². The van der Waals surface area contributed by atoms with Crippen molar-refractivity contribution in [2.75, 3.05) is 6.54 Å². The number of aliphatic hydroxyl groups is 1. The second-order valence-electron chi connectivity index (χ2n) is 5.98. The van der Waals surface area contributed by atoms with Crippen LogP contribution in [-0.2, 0) is 11.2 Å². The van der Waals surface area contributed by atoms with Gasteiger partial charge in [-0.05, 0) is 44.1 Å². The van der Waals surface area contributed by atoms with Gasteiger partial charge in [-0.1, -0.05) is 36.2 Å². The van der Waals surface area contributed by atoms with Crippen LogP contribution in [0.25, 0.3) is 0 Å². The third kappa shape index (κ3) is 4.97. The number of aliphatic hydroxyl groups excluding tert-OH is 1. The summed E-state index contributed by atoms with van der Waals surface area (Å²) in [6.45, 7) is 2.78. The first-order valence-electron chi connectivity index (χ1n) is 7.64. The first-order chi connectivity index (χ1) is 9.63. The van der Waals surface area contributed by atoms with Gasteiger partial charge < -0.3 is 10.4 Å². The van der Waals surface area contributed by atoms with Gasteiger partial charge in [-0.15, -0.1) is 0 Å².